The number of aromatic nitrogens is 4. The van der Waals surface area contributed by atoms with Gasteiger partial charge >= 0.3 is 0 Å². The van der Waals surface area contributed by atoms with Crippen molar-refractivity contribution in [3.05, 3.63) is 78.5 Å². The molecule has 5 rings (SSSR count). The first-order valence-corrected chi connectivity index (χ1v) is 10.9. The quantitative estimate of drug-likeness (QED) is 0.492. The molecule has 0 saturated carbocycles. The van der Waals surface area contributed by atoms with Crippen LogP contribution in [0.1, 0.15) is 5.56 Å². The van der Waals surface area contributed by atoms with E-state index in [1.165, 1.54) is 18.1 Å². The topological polar surface area (TPSA) is 79.2 Å². The summed E-state index contributed by atoms with van der Waals surface area (Å²) < 4.78 is 15.3. The summed E-state index contributed by atoms with van der Waals surface area (Å²) in [6, 6.07) is 16.8. The molecule has 0 aliphatic carbocycles. The number of nitrogens with one attached hydrogen (secondary N) is 1. The molecule has 3 heterocycles. The van der Waals surface area contributed by atoms with Gasteiger partial charge in [0.05, 0.1) is 11.6 Å². The van der Waals surface area contributed by atoms with Crippen molar-refractivity contribution in [3.8, 4) is 0 Å². The smallest absolute Gasteiger partial charge is 0.242 e. The van der Waals surface area contributed by atoms with Crippen LogP contribution in [0.3, 0.4) is 0 Å². The first-order chi connectivity index (χ1) is 16.2. The monoisotopic (exact) mass is 445 g/mol. The van der Waals surface area contributed by atoms with Crippen LogP contribution in [-0.4, -0.2) is 51.8 Å². The van der Waals surface area contributed by atoms with Gasteiger partial charge in [-0.3, -0.25) is 4.79 Å². The standard InChI is InChI=1S/C24H24FN7O/c25-21-9-5-4-6-18(21)14-26-22(33)16-32-24-20(15-29-32)23(27-17-28-24)31-12-10-30(11-13-31)19-7-2-1-3-8-19/h1-9,15,17H,10-14,16H2,(H,26,33). The van der Waals surface area contributed by atoms with E-state index in [0.717, 1.165) is 37.4 Å². The van der Waals surface area contributed by atoms with Crippen LogP contribution in [0, 0.1) is 5.82 Å². The lowest BCUT2D eigenvalue weighted by Crippen LogP contribution is -2.46. The Kier molecular flexibility index (Phi) is 5.84. The zero-order chi connectivity index (χ0) is 22.6. The second-order valence-corrected chi connectivity index (χ2v) is 7.91. The highest BCUT2D eigenvalue weighted by molar-refractivity contribution is 5.88. The predicted octanol–water partition coefficient (Wildman–Crippen LogP) is 2.61. The van der Waals surface area contributed by atoms with Gasteiger partial charge in [-0.15, -0.1) is 0 Å². The van der Waals surface area contributed by atoms with Gasteiger partial charge < -0.3 is 15.1 Å². The predicted molar refractivity (Wildman–Crippen MR) is 124 cm³/mol. The van der Waals surface area contributed by atoms with Crippen molar-refractivity contribution in [2.75, 3.05) is 36.0 Å². The highest BCUT2D eigenvalue weighted by atomic mass is 19.1. The molecule has 1 fully saturated rings. The molecule has 1 amide bonds. The van der Waals surface area contributed by atoms with Crippen molar-refractivity contribution in [2.45, 2.75) is 13.1 Å². The number of carbonyl (C=O) groups excluding carboxylic acids is 1. The molecule has 8 nitrogen and oxygen atoms in total. The minimum Gasteiger partial charge on any atom is -0.368 e. The second-order valence-electron chi connectivity index (χ2n) is 7.91. The fraction of sp³-hybridized carbons (Fsp3) is 0.250. The Morgan fingerprint density at radius 1 is 0.939 bits per heavy atom. The lowest BCUT2D eigenvalue weighted by Gasteiger charge is -2.36. The van der Waals surface area contributed by atoms with Crippen LogP contribution in [0.4, 0.5) is 15.9 Å². The van der Waals surface area contributed by atoms with Crippen LogP contribution in [0.15, 0.2) is 67.1 Å². The maximum Gasteiger partial charge on any atom is 0.242 e. The number of hydrogen-bond acceptors (Lipinski definition) is 6. The highest BCUT2D eigenvalue weighted by Crippen LogP contribution is 2.25. The van der Waals surface area contributed by atoms with Gasteiger partial charge in [-0.05, 0) is 18.2 Å². The molecule has 1 N–H and O–H groups in total. The summed E-state index contributed by atoms with van der Waals surface area (Å²) in [7, 11) is 0. The van der Waals surface area contributed by atoms with Crippen LogP contribution in [-0.2, 0) is 17.9 Å². The fourth-order valence-electron chi connectivity index (χ4n) is 4.09. The number of carbonyl (C=O) groups is 1. The van der Waals surface area contributed by atoms with Crippen LogP contribution in [0.25, 0.3) is 11.0 Å². The van der Waals surface area contributed by atoms with Crippen molar-refractivity contribution in [1.29, 1.82) is 0 Å². The summed E-state index contributed by atoms with van der Waals surface area (Å²) in [5, 5.41) is 7.92. The largest absolute Gasteiger partial charge is 0.368 e. The molecular weight excluding hydrogens is 421 g/mol. The summed E-state index contributed by atoms with van der Waals surface area (Å²) in [5.41, 5.74) is 2.26. The lowest BCUT2D eigenvalue weighted by molar-refractivity contribution is -0.121. The van der Waals surface area contributed by atoms with Crippen LogP contribution in [0.5, 0.6) is 0 Å². The molecule has 1 saturated heterocycles. The van der Waals surface area contributed by atoms with Crippen molar-refractivity contribution >= 4 is 28.4 Å². The Morgan fingerprint density at radius 3 is 2.45 bits per heavy atom. The van der Waals surface area contributed by atoms with E-state index in [-0.39, 0.29) is 24.8 Å². The lowest BCUT2D eigenvalue weighted by atomic mass is 10.2. The van der Waals surface area contributed by atoms with Gasteiger partial charge in [-0.2, -0.15) is 5.10 Å². The number of para-hydroxylation sites is 1. The zero-order valence-electron chi connectivity index (χ0n) is 18.1. The van der Waals surface area contributed by atoms with Gasteiger partial charge in [-0.25, -0.2) is 19.0 Å². The number of nitrogens with zero attached hydrogens (tertiary/aromatic N) is 6. The van der Waals surface area contributed by atoms with Gasteiger partial charge in [0.1, 0.15) is 24.5 Å². The summed E-state index contributed by atoms with van der Waals surface area (Å²) in [4.78, 5) is 25.9. The third kappa shape index (κ3) is 4.48. The Bertz CT molecular complexity index is 1250. The molecule has 2 aromatic carbocycles. The number of halogens is 1. The summed E-state index contributed by atoms with van der Waals surface area (Å²) in [6.45, 7) is 3.56. The molecule has 0 unspecified atom stereocenters. The maximum atomic E-state index is 13.8. The summed E-state index contributed by atoms with van der Waals surface area (Å²) in [6.07, 6.45) is 3.22. The number of hydrogen-bond donors (Lipinski definition) is 1. The highest BCUT2D eigenvalue weighted by Gasteiger charge is 2.22. The first kappa shape index (κ1) is 20.9. The Labute approximate surface area is 190 Å². The Hall–Kier alpha value is -4.01. The van der Waals surface area contributed by atoms with E-state index >= 15 is 0 Å². The Morgan fingerprint density at radius 2 is 1.67 bits per heavy atom. The molecule has 0 spiro atoms. The normalized spacial score (nSPS) is 14.0. The molecule has 0 atom stereocenters. The minimum atomic E-state index is -0.341. The van der Waals surface area contributed by atoms with Gasteiger partial charge in [0.15, 0.2) is 5.65 Å². The van der Waals surface area contributed by atoms with Gasteiger partial charge in [-0.1, -0.05) is 36.4 Å². The summed E-state index contributed by atoms with van der Waals surface area (Å²) in [5.74, 6) is 0.220. The maximum absolute atomic E-state index is 13.8. The van der Waals surface area contributed by atoms with Crippen molar-refractivity contribution in [2.24, 2.45) is 0 Å². The number of benzene rings is 2. The third-order valence-corrected chi connectivity index (χ3v) is 5.84. The fourth-order valence-corrected chi connectivity index (χ4v) is 4.09. The number of piperazine rings is 1. The third-order valence-electron chi connectivity index (χ3n) is 5.84. The molecular formula is C24H24FN7O. The molecule has 9 heteroatoms. The molecule has 0 bridgehead atoms. The van der Waals surface area contributed by atoms with Crippen molar-refractivity contribution in [1.82, 2.24) is 25.1 Å². The molecule has 2 aromatic heterocycles. The molecule has 4 aromatic rings. The van der Waals surface area contributed by atoms with Crippen LogP contribution >= 0.6 is 0 Å². The number of amides is 1. The van der Waals surface area contributed by atoms with E-state index in [2.05, 4.69) is 54.4 Å². The van der Waals surface area contributed by atoms with E-state index in [1.807, 2.05) is 6.07 Å². The zero-order valence-corrected chi connectivity index (χ0v) is 18.1. The Balaban J connectivity index is 1.26. The molecule has 168 valence electrons. The second kappa shape index (κ2) is 9.23. The van der Waals surface area contributed by atoms with Crippen LogP contribution < -0.4 is 15.1 Å². The summed E-state index contributed by atoms with van der Waals surface area (Å²) >= 11 is 0. The molecule has 0 radical (unpaired) electrons. The van der Waals surface area contributed by atoms with E-state index in [4.69, 9.17) is 0 Å². The van der Waals surface area contributed by atoms with Crippen LogP contribution in [0.2, 0.25) is 0 Å². The van der Waals surface area contributed by atoms with Gasteiger partial charge in [0.25, 0.3) is 0 Å². The van der Waals surface area contributed by atoms with Crippen molar-refractivity contribution in [3.63, 3.8) is 0 Å². The number of fused-ring (bicyclic) bond motifs is 1. The molecule has 1 aliphatic heterocycles. The van der Waals surface area contributed by atoms with E-state index in [0.29, 0.717) is 11.2 Å². The minimum absolute atomic E-state index is 0.00378. The van der Waals surface area contributed by atoms with Gasteiger partial charge in [0, 0.05) is 44.0 Å². The number of anilines is 2. The first-order valence-electron chi connectivity index (χ1n) is 10.9. The van der Waals surface area contributed by atoms with E-state index in [9.17, 15) is 9.18 Å². The molecule has 1 aliphatic rings. The van der Waals surface area contributed by atoms with E-state index in [1.54, 1.807) is 29.1 Å². The average molecular weight is 446 g/mol. The molecule has 33 heavy (non-hydrogen) atoms. The van der Waals surface area contributed by atoms with Gasteiger partial charge in [0.2, 0.25) is 5.91 Å². The number of rotatable bonds is 6. The van der Waals surface area contributed by atoms with Crippen molar-refractivity contribution < 1.29 is 9.18 Å². The average Bonchev–Trinajstić information content (AvgIpc) is 3.27. The SMILES string of the molecule is O=C(Cn1ncc2c(N3CCN(c4ccccc4)CC3)ncnc21)NCc1ccccc1F. The van der Waals surface area contributed by atoms with E-state index < -0.39 is 0 Å².